The number of aliphatic imine (C=N–C) groups is 1. The summed E-state index contributed by atoms with van der Waals surface area (Å²) in [6.45, 7) is 2.18. The van der Waals surface area contributed by atoms with Crippen molar-refractivity contribution in [2.24, 2.45) is 10.9 Å². The summed E-state index contributed by atoms with van der Waals surface area (Å²) in [5, 5.41) is 0.373. The molecule has 2 aromatic heterocycles. The van der Waals surface area contributed by atoms with Crippen LogP contribution in [0, 0.1) is 5.92 Å². The number of H-pyrrole nitrogens is 1. The average molecular weight is 250 g/mol. The lowest BCUT2D eigenvalue weighted by molar-refractivity contribution is 0.728. The first-order valence-corrected chi connectivity index (χ1v) is 6.06. The van der Waals surface area contributed by atoms with Gasteiger partial charge in [-0.3, -0.25) is 0 Å². The van der Waals surface area contributed by atoms with Gasteiger partial charge in [-0.05, 0) is 25.2 Å². The van der Waals surface area contributed by atoms with Gasteiger partial charge in [0.1, 0.15) is 5.52 Å². The Morgan fingerprint density at radius 3 is 3.12 bits per heavy atom. The third kappa shape index (κ3) is 1.91. The van der Waals surface area contributed by atoms with Crippen LogP contribution in [0.3, 0.4) is 0 Å². The number of imidazole rings is 1. The second kappa shape index (κ2) is 4.07. The summed E-state index contributed by atoms with van der Waals surface area (Å²) in [4.78, 5) is 19.9. The van der Waals surface area contributed by atoms with E-state index in [1.54, 1.807) is 6.33 Å². The first kappa shape index (κ1) is 10.7. The summed E-state index contributed by atoms with van der Waals surface area (Å²) >= 11 is 6.03. The molecule has 1 fully saturated rings. The van der Waals surface area contributed by atoms with Crippen molar-refractivity contribution in [3.63, 3.8) is 0 Å². The van der Waals surface area contributed by atoms with E-state index in [4.69, 9.17) is 11.6 Å². The molecule has 2 heterocycles. The van der Waals surface area contributed by atoms with Crippen molar-refractivity contribution in [2.45, 2.75) is 26.2 Å². The first-order valence-electron chi connectivity index (χ1n) is 5.68. The summed E-state index contributed by atoms with van der Waals surface area (Å²) in [5.74, 6) is 0.936. The van der Waals surface area contributed by atoms with E-state index in [1.165, 1.54) is 12.8 Å². The third-order valence-corrected chi connectivity index (χ3v) is 3.39. The van der Waals surface area contributed by atoms with Crippen LogP contribution in [0.4, 0.5) is 5.95 Å². The van der Waals surface area contributed by atoms with Crippen molar-refractivity contribution in [1.29, 1.82) is 0 Å². The Morgan fingerprint density at radius 1 is 1.47 bits per heavy atom. The van der Waals surface area contributed by atoms with Crippen LogP contribution in [0.2, 0.25) is 5.15 Å². The number of nitrogens with one attached hydrogen (secondary N) is 1. The number of halogens is 1. The second-order valence-electron chi connectivity index (χ2n) is 4.31. The number of fused-ring (bicyclic) bond motifs is 1. The third-order valence-electron chi connectivity index (χ3n) is 3.11. The van der Waals surface area contributed by atoms with Gasteiger partial charge in [-0.2, -0.15) is 9.97 Å². The Labute approximate surface area is 103 Å². The highest BCUT2D eigenvalue weighted by molar-refractivity contribution is 6.33. The molecule has 1 unspecified atom stereocenters. The zero-order valence-electron chi connectivity index (χ0n) is 9.44. The smallest absolute Gasteiger partial charge is 0.252 e. The molecule has 1 aliphatic carbocycles. The van der Waals surface area contributed by atoms with Crippen LogP contribution >= 0.6 is 11.6 Å². The van der Waals surface area contributed by atoms with Gasteiger partial charge < -0.3 is 4.98 Å². The average Bonchev–Trinajstić information content (AvgIpc) is 2.89. The zero-order chi connectivity index (χ0) is 11.8. The van der Waals surface area contributed by atoms with E-state index in [2.05, 4.69) is 31.9 Å². The Kier molecular flexibility index (Phi) is 2.55. The maximum Gasteiger partial charge on any atom is 0.252 e. The Hall–Kier alpha value is -1.49. The molecule has 0 radical (unpaired) electrons. The molecule has 5 nitrogen and oxygen atoms in total. The molecule has 1 aliphatic rings. The number of hydrogen-bond donors (Lipinski definition) is 1. The van der Waals surface area contributed by atoms with Crippen molar-refractivity contribution < 1.29 is 0 Å². The van der Waals surface area contributed by atoms with E-state index in [1.807, 2.05) is 0 Å². The Morgan fingerprint density at radius 2 is 2.35 bits per heavy atom. The number of rotatable bonds is 1. The molecule has 0 spiro atoms. The molecule has 0 aliphatic heterocycles. The van der Waals surface area contributed by atoms with Crippen LogP contribution in [-0.2, 0) is 0 Å². The van der Waals surface area contributed by atoms with Crippen LogP contribution in [0.25, 0.3) is 11.2 Å². The van der Waals surface area contributed by atoms with Crippen LogP contribution in [0.5, 0.6) is 0 Å². The molecule has 0 saturated heterocycles. The molecule has 0 bridgehead atoms. The molecule has 17 heavy (non-hydrogen) atoms. The largest absolute Gasteiger partial charge is 0.341 e. The molecule has 1 saturated carbocycles. The molecule has 88 valence electrons. The van der Waals surface area contributed by atoms with Crippen LogP contribution in [0.15, 0.2) is 11.3 Å². The zero-order valence-corrected chi connectivity index (χ0v) is 10.2. The van der Waals surface area contributed by atoms with Gasteiger partial charge in [-0.1, -0.05) is 18.5 Å². The van der Waals surface area contributed by atoms with E-state index in [0.29, 0.717) is 28.2 Å². The van der Waals surface area contributed by atoms with E-state index < -0.39 is 0 Å². The van der Waals surface area contributed by atoms with Gasteiger partial charge in [-0.15, -0.1) is 0 Å². The Bertz CT molecular complexity index is 589. The fraction of sp³-hybridized carbons (Fsp3) is 0.455. The molecule has 1 N–H and O–H groups in total. The number of aromatic nitrogens is 4. The quantitative estimate of drug-likeness (QED) is 0.791. The van der Waals surface area contributed by atoms with Gasteiger partial charge in [0.2, 0.25) is 0 Å². The fourth-order valence-electron chi connectivity index (χ4n) is 2.13. The van der Waals surface area contributed by atoms with Gasteiger partial charge in [-0.25, -0.2) is 9.98 Å². The minimum Gasteiger partial charge on any atom is -0.341 e. The van der Waals surface area contributed by atoms with Gasteiger partial charge in [0.15, 0.2) is 10.8 Å². The van der Waals surface area contributed by atoms with Gasteiger partial charge in [0.05, 0.1) is 6.33 Å². The van der Waals surface area contributed by atoms with Crippen LogP contribution in [0.1, 0.15) is 26.2 Å². The summed E-state index contributed by atoms with van der Waals surface area (Å²) in [6, 6.07) is 0. The summed E-state index contributed by atoms with van der Waals surface area (Å²) in [6.07, 6.45) is 4.97. The second-order valence-corrected chi connectivity index (χ2v) is 4.67. The standard InChI is InChI=1S/C11H12ClN5/c1-6-3-2-4-7(6)15-11-16-9(12)8-10(17-11)14-5-13-8/h5-6H,2-4H2,1H3,(H,13,14,16,17)/b15-7+. The first-order chi connectivity index (χ1) is 8.24. The summed E-state index contributed by atoms with van der Waals surface area (Å²) < 4.78 is 0. The van der Waals surface area contributed by atoms with Crippen LogP contribution < -0.4 is 0 Å². The monoisotopic (exact) mass is 249 g/mol. The van der Waals surface area contributed by atoms with E-state index >= 15 is 0 Å². The molecular weight excluding hydrogens is 238 g/mol. The van der Waals surface area contributed by atoms with Crippen molar-refractivity contribution in [3.05, 3.63) is 11.5 Å². The SMILES string of the molecule is CC1CCC/C1=N\c1nc(Cl)c2[nH]cnc2n1. The predicted octanol–water partition coefficient (Wildman–Crippen LogP) is 2.90. The van der Waals surface area contributed by atoms with Gasteiger partial charge >= 0.3 is 0 Å². The van der Waals surface area contributed by atoms with Crippen molar-refractivity contribution in [1.82, 2.24) is 19.9 Å². The summed E-state index contributed by atoms with van der Waals surface area (Å²) in [7, 11) is 0. The van der Waals surface area contributed by atoms with Gasteiger partial charge in [0, 0.05) is 5.71 Å². The van der Waals surface area contributed by atoms with Crippen molar-refractivity contribution in [3.8, 4) is 0 Å². The van der Waals surface area contributed by atoms with Crippen molar-refractivity contribution >= 4 is 34.4 Å². The molecule has 0 aromatic carbocycles. The number of nitrogens with zero attached hydrogens (tertiary/aromatic N) is 4. The van der Waals surface area contributed by atoms with E-state index in [-0.39, 0.29) is 0 Å². The lowest BCUT2D eigenvalue weighted by atomic mass is 10.1. The molecular formula is C11H12ClN5. The predicted molar refractivity (Wildman–Crippen MR) is 66.8 cm³/mol. The highest BCUT2D eigenvalue weighted by atomic mass is 35.5. The highest BCUT2D eigenvalue weighted by Gasteiger charge is 2.18. The van der Waals surface area contributed by atoms with E-state index in [9.17, 15) is 0 Å². The maximum absolute atomic E-state index is 6.03. The molecule has 3 rings (SSSR count). The fourth-order valence-corrected chi connectivity index (χ4v) is 2.35. The molecule has 1 atom stereocenters. The Balaban J connectivity index is 2.06. The highest BCUT2D eigenvalue weighted by Crippen LogP contribution is 2.25. The number of hydrogen-bond acceptors (Lipinski definition) is 4. The lowest BCUT2D eigenvalue weighted by Crippen LogP contribution is -2.01. The normalized spacial score (nSPS) is 22.7. The molecule has 0 amide bonds. The summed E-state index contributed by atoms with van der Waals surface area (Å²) in [5.41, 5.74) is 2.39. The molecule has 2 aromatic rings. The topological polar surface area (TPSA) is 66.8 Å². The lowest BCUT2D eigenvalue weighted by Gasteiger charge is -2.02. The number of aromatic amines is 1. The molecule has 6 heteroatoms. The van der Waals surface area contributed by atoms with E-state index in [0.717, 1.165) is 12.1 Å². The maximum atomic E-state index is 6.03. The minimum atomic E-state index is 0.373. The van der Waals surface area contributed by atoms with Gasteiger partial charge in [0.25, 0.3) is 5.95 Å². The minimum absolute atomic E-state index is 0.373. The van der Waals surface area contributed by atoms with Crippen LogP contribution in [-0.4, -0.2) is 25.6 Å². The van der Waals surface area contributed by atoms with Crippen molar-refractivity contribution in [2.75, 3.05) is 0 Å².